The molecule has 0 aromatic heterocycles. The summed E-state index contributed by atoms with van der Waals surface area (Å²) >= 11 is 0. The highest BCUT2D eigenvalue weighted by molar-refractivity contribution is 5.86. The first-order chi connectivity index (χ1) is 4.91. The summed E-state index contributed by atoms with van der Waals surface area (Å²) in [6, 6.07) is 0. The summed E-state index contributed by atoms with van der Waals surface area (Å²) in [6.45, 7) is 4.95. The van der Waals surface area contributed by atoms with E-state index in [1.807, 2.05) is 0 Å². The number of carbonyl (C=O) groups is 1. The largest absolute Gasteiger partial charge is 1.00 e. The molecule has 0 heterocycles. The second-order valence-corrected chi connectivity index (χ2v) is 2.77. The summed E-state index contributed by atoms with van der Waals surface area (Å²) < 4.78 is 4.27. The summed E-state index contributed by atoms with van der Waals surface area (Å²) in [4.78, 5) is 11.6. The highest BCUT2D eigenvalue weighted by atomic mass is 79.9. The van der Waals surface area contributed by atoms with Gasteiger partial charge in [0.15, 0.2) is 0 Å². The first-order valence-corrected chi connectivity index (χ1v) is 3.42. The topological polar surface area (TPSA) is 30.7 Å². The molecule has 0 amide bonds. The van der Waals surface area contributed by atoms with Gasteiger partial charge in [0.1, 0.15) is 0 Å². The number of ether oxygens (including phenoxy) is 1. The van der Waals surface area contributed by atoms with Crippen molar-refractivity contribution in [1.82, 2.24) is 0 Å². The van der Waals surface area contributed by atoms with Crippen LogP contribution in [0.4, 0.5) is 0 Å². The molecule has 0 atom stereocenters. The van der Waals surface area contributed by atoms with Gasteiger partial charge in [-0.15, -0.1) is 0 Å². The summed E-state index contributed by atoms with van der Waals surface area (Å²) in [5.74, 6) is -0.347. The lowest BCUT2D eigenvalue weighted by Crippen LogP contribution is -3.02. The third kappa shape index (κ3) is 22.6. The Hall–Kier alpha value is -0.350. The molecule has 3 nitrogen and oxygen atoms in total. The van der Waals surface area contributed by atoms with Crippen molar-refractivity contribution in [3.63, 3.8) is 0 Å². The SMILES string of the molecule is C=C(C)C(=O)OC.C[NH+](C)C.[Br-]. The molecule has 0 aliphatic heterocycles. The van der Waals surface area contributed by atoms with Crippen LogP contribution in [0.15, 0.2) is 12.2 Å². The Labute approximate surface area is 85.2 Å². The Morgan fingerprint density at radius 2 is 1.58 bits per heavy atom. The molecule has 0 aromatic rings. The van der Waals surface area contributed by atoms with E-state index in [1.54, 1.807) is 6.92 Å². The molecule has 0 unspecified atom stereocenters. The Morgan fingerprint density at radius 1 is 1.33 bits per heavy atom. The predicted octanol–water partition coefficient (Wildman–Crippen LogP) is -3.50. The minimum absolute atomic E-state index is 0. The first kappa shape index (κ1) is 17.7. The molecule has 0 rings (SSSR count). The number of halogens is 1. The van der Waals surface area contributed by atoms with Crippen molar-refractivity contribution >= 4 is 5.97 Å². The summed E-state index contributed by atoms with van der Waals surface area (Å²) in [7, 11) is 7.58. The van der Waals surface area contributed by atoms with Gasteiger partial charge in [-0.1, -0.05) is 6.58 Å². The van der Waals surface area contributed by atoms with Crippen LogP contribution in [0.25, 0.3) is 0 Å². The molecule has 1 N–H and O–H groups in total. The summed E-state index contributed by atoms with van der Waals surface area (Å²) in [5, 5.41) is 0. The molecular formula is C8H18BrNO2. The van der Waals surface area contributed by atoms with Crippen LogP contribution >= 0.6 is 0 Å². The fourth-order valence-corrected chi connectivity index (χ4v) is 0.174. The molecule has 4 heteroatoms. The van der Waals surface area contributed by atoms with Crippen molar-refractivity contribution in [1.29, 1.82) is 0 Å². The van der Waals surface area contributed by atoms with Crippen molar-refractivity contribution in [3.8, 4) is 0 Å². The lowest BCUT2D eigenvalue weighted by atomic mass is 10.4. The predicted molar refractivity (Wildman–Crippen MR) is 45.6 cm³/mol. The van der Waals surface area contributed by atoms with Gasteiger partial charge in [0.2, 0.25) is 0 Å². The maximum absolute atomic E-state index is 10.2. The molecule has 0 aliphatic rings. The molecule has 0 aliphatic carbocycles. The van der Waals surface area contributed by atoms with Crippen LogP contribution in [-0.2, 0) is 9.53 Å². The maximum Gasteiger partial charge on any atom is 0.332 e. The van der Waals surface area contributed by atoms with E-state index < -0.39 is 0 Å². The van der Waals surface area contributed by atoms with Crippen LogP contribution in [0.3, 0.4) is 0 Å². The second-order valence-electron chi connectivity index (χ2n) is 2.77. The fraction of sp³-hybridized carbons (Fsp3) is 0.625. The maximum atomic E-state index is 10.2. The van der Waals surface area contributed by atoms with E-state index in [0.717, 1.165) is 0 Å². The number of carbonyl (C=O) groups excluding carboxylic acids is 1. The first-order valence-electron chi connectivity index (χ1n) is 3.42. The van der Waals surface area contributed by atoms with Crippen LogP contribution in [0.2, 0.25) is 0 Å². The van der Waals surface area contributed by atoms with Gasteiger partial charge < -0.3 is 26.6 Å². The number of quaternary nitrogens is 1. The normalized spacial score (nSPS) is 7.50. The van der Waals surface area contributed by atoms with Gasteiger partial charge >= 0.3 is 5.97 Å². The zero-order chi connectivity index (χ0) is 9.44. The number of nitrogens with one attached hydrogen (secondary N) is 1. The van der Waals surface area contributed by atoms with Gasteiger partial charge in [-0.25, -0.2) is 4.79 Å². The van der Waals surface area contributed by atoms with Crippen LogP contribution in [0.1, 0.15) is 6.92 Å². The van der Waals surface area contributed by atoms with Crippen LogP contribution in [-0.4, -0.2) is 34.2 Å². The number of esters is 1. The third-order valence-corrected chi connectivity index (χ3v) is 0.534. The molecule has 12 heavy (non-hydrogen) atoms. The van der Waals surface area contributed by atoms with E-state index in [4.69, 9.17) is 0 Å². The van der Waals surface area contributed by atoms with Gasteiger partial charge in [0.25, 0.3) is 0 Å². The van der Waals surface area contributed by atoms with Crippen LogP contribution in [0, 0.1) is 0 Å². The zero-order valence-corrected chi connectivity index (χ0v) is 9.99. The Balaban J connectivity index is -0.000000142. The van der Waals surface area contributed by atoms with E-state index >= 15 is 0 Å². The highest BCUT2D eigenvalue weighted by Gasteiger charge is 1.95. The van der Waals surface area contributed by atoms with Crippen LogP contribution < -0.4 is 21.9 Å². The van der Waals surface area contributed by atoms with Gasteiger partial charge in [0.05, 0.1) is 28.3 Å². The molecular weight excluding hydrogens is 222 g/mol. The molecule has 0 radical (unpaired) electrons. The second kappa shape index (κ2) is 10.7. The van der Waals surface area contributed by atoms with Crippen molar-refractivity contribution < 1.29 is 31.4 Å². The summed E-state index contributed by atoms with van der Waals surface area (Å²) in [5.41, 5.74) is 0.433. The van der Waals surface area contributed by atoms with Gasteiger partial charge in [0, 0.05) is 5.57 Å². The lowest BCUT2D eigenvalue weighted by Gasteiger charge is -1.91. The minimum atomic E-state index is -0.347. The Bertz CT molecular complexity index is 132. The van der Waals surface area contributed by atoms with Crippen molar-refractivity contribution in [2.75, 3.05) is 28.3 Å². The van der Waals surface area contributed by atoms with Gasteiger partial charge in [-0.3, -0.25) is 0 Å². The Morgan fingerprint density at radius 3 is 1.58 bits per heavy atom. The molecule has 74 valence electrons. The molecule has 0 saturated heterocycles. The molecule has 0 spiro atoms. The van der Waals surface area contributed by atoms with E-state index in [1.165, 1.54) is 12.0 Å². The standard InChI is InChI=1S/C5H8O2.C3H9N.BrH/c1-4(2)5(6)7-3;1-4(2)3;/h1H2,2-3H3;1-3H3;1H. The molecule has 0 bridgehead atoms. The zero-order valence-electron chi connectivity index (χ0n) is 8.40. The lowest BCUT2D eigenvalue weighted by molar-refractivity contribution is -0.836. The highest BCUT2D eigenvalue weighted by Crippen LogP contribution is 1.87. The van der Waals surface area contributed by atoms with Crippen molar-refractivity contribution in [2.45, 2.75) is 6.92 Å². The monoisotopic (exact) mass is 239 g/mol. The van der Waals surface area contributed by atoms with E-state index in [2.05, 4.69) is 32.5 Å². The van der Waals surface area contributed by atoms with E-state index in [0.29, 0.717) is 5.57 Å². The minimum Gasteiger partial charge on any atom is -1.00 e. The average Bonchev–Trinajstić information content (AvgIpc) is 1.85. The van der Waals surface area contributed by atoms with E-state index in [-0.39, 0.29) is 23.0 Å². The number of methoxy groups -OCH3 is 1. The number of hydrogen-bond acceptors (Lipinski definition) is 2. The van der Waals surface area contributed by atoms with Gasteiger partial charge in [-0.2, -0.15) is 0 Å². The average molecular weight is 240 g/mol. The molecule has 0 aromatic carbocycles. The Kier molecular flexibility index (Phi) is 15.7. The van der Waals surface area contributed by atoms with Gasteiger partial charge in [-0.05, 0) is 6.92 Å². The van der Waals surface area contributed by atoms with Crippen molar-refractivity contribution in [3.05, 3.63) is 12.2 Å². The van der Waals surface area contributed by atoms with Crippen molar-refractivity contribution in [2.24, 2.45) is 0 Å². The summed E-state index contributed by atoms with van der Waals surface area (Å²) in [6.07, 6.45) is 0. The molecule has 0 fully saturated rings. The number of rotatable bonds is 1. The van der Waals surface area contributed by atoms with E-state index in [9.17, 15) is 4.79 Å². The smallest absolute Gasteiger partial charge is 0.332 e. The quantitative estimate of drug-likeness (QED) is 0.381. The van der Waals surface area contributed by atoms with Crippen LogP contribution in [0.5, 0.6) is 0 Å². The fourth-order valence-electron chi connectivity index (χ4n) is 0.174. The number of hydrogen-bond donors (Lipinski definition) is 1. The third-order valence-electron chi connectivity index (χ3n) is 0.534. The molecule has 0 saturated carbocycles.